The first kappa shape index (κ1) is 12.9. The molecule has 3 N–H and O–H groups in total. The number of pyridine rings is 1. The van der Waals surface area contributed by atoms with Gasteiger partial charge < -0.3 is 15.2 Å². The maximum Gasteiger partial charge on any atom is 0.219 e. The number of rotatable bonds is 5. The van der Waals surface area contributed by atoms with Gasteiger partial charge in [0.05, 0.1) is 6.61 Å². The number of nitrogens with two attached hydrogens (primary N) is 1. The predicted octanol–water partition coefficient (Wildman–Crippen LogP) is 2.56. The van der Waals surface area contributed by atoms with E-state index < -0.39 is 0 Å². The van der Waals surface area contributed by atoms with Gasteiger partial charge in [0.15, 0.2) is 0 Å². The van der Waals surface area contributed by atoms with Crippen molar-refractivity contribution >= 4 is 5.84 Å². The molecule has 2 rings (SSSR count). The molecular weight excluding hydrogens is 242 g/mol. The number of ether oxygens (including phenoxy) is 2. The van der Waals surface area contributed by atoms with Crippen LogP contribution in [0.5, 0.6) is 17.4 Å². The Morgan fingerprint density at radius 1 is 1.16 bits per heavy atom. The summed E-state index contributed by atoms with van der Waals surface area (Å²) in [7, 11) is 0. The quantitative estimate of drug-likeness (QED) is 0.637. The van der Waals surface area contributed by atoms with E-state index in [0.717, 1.165) is 5.75 Å². The number of aromatic nitrogens is 1. The van der Waals surface area contributed by atoms with Crippen LogP contribution in [-0.4, -0.2) is 17.4 Å². The Bertz CT molecular complexity index is 550. The number of nitrogens with zero attached hydrogens (tertiary/aromatic N) is 1. The van der Waals surface area contributed by atoms with Gasteiger partial charge in [0.2, 0.25) is 5.88 Å². The molecule has 0 aliphatic carbocycles. The number of nitrogen functional groups attached to an aromatic ring is 1. The van der Waals surface area contributed by atoms with Gasteiger partial charge in [-0.2, -0.15) is 0 Å². The monoisotopic (exact) mass is 257 g/mol. The van der Waals surface area contributed by atoms with Gasteiger partial charge in [-0.15, -0.1) is 0 Å². The van der Waals surface area contributed by atoms with E-state index in [0.29, 0.717) is 23.8 Å². The molecule has 1 aromatic carbocycles. The Balaban J connectivity index is 2.06. The first-order valence-corrected chi connectivity index (χ1v) is 5.90. The minimum Gasteiger partial charge on any atom is -0.494 e. The van der Waals surface area contributed by atoms with Gasteiger partial charge in [-0.3, -0.25) is 5.41 Å². The molecule has 1 aromatic heterocycles. The number of benzene rings is 1. The van der Waals surface area contributed by atoms with Crippen molar-refractivity contribution in [3.05, 3.63) is 48.2 Å². The van der Waals surface area contributed by atoms with Gasteiger partial charge in [-0.25, -0.2) is 4.98 Å². The molecule has 0 aliphatic heterocycles. The lowest BCUT2D eigenvalue weighted by Gasteiger charge is -2.07. The van der Waals surface area contributed by atoms with E-state index >= 15 is 0 Å². The van der Waals surface area contributed by atoms with E-state index in [1.54, 1.807) is 12.1 Å². The summed E-state index contributed by atoms with van der Waals surface area (Å²) in [5.41, 5.74) is 5.92. The second-order valence-corrected chi connectivity index (χ2v) is 3.81. The number of hydrogen-bond acceptors (Lipinski definition) is 4. The molecule has 0 saturated heterocycles. The molecule has 0 atom stereocenters. The smallest absolute Gasteiger partial charge is 0.219 e. The Kier molecular flexibility index (Phi) is 3.97. The van der Waals surface area contributed by atoms with Gasteiger partial charge in [0.25, 0.3) is 0 Å². The SMILES string of the molecule is CCOc1ccc(Oc2ccc(C(=N)N)cn2)cc1. The lowest BCUT2D eigenvalue weighted by Crippen LogP contribution is -2.11. The van der Waals surface area contributed by atoms with Crippen LogP contribution in [0.15, 0.2) is 42.6 Å². The fourth-order valence-electron chi connectivity index (χ4n) is 1.49. The molecule has 5 nitrogen and oxygen atoms in total. The minimum atomic E-state index is -0.0138. The third-order valence-electron chi connectivity index (χ3n) is 2.40. The van der Waals surface area contributed by atoms with Crippen molar-refractivity contribution < 1.29 is 9.47 Å². The average Bonchev–Trinajstić information content (AvgIpc) is 2.42. The zero-order chi connectivity index (χ0) is 13.7. The van der Waals surface area contributed by atoms with Crippen molar-refractivity contribution in [3.63, 3.8) is 0 Å². The molecule has 19 heavy (non-hydrogen) atoms. The highest BCUT2D eigenvalue weighted by molar-refractivity contribution is 5.94. The van der Waals surface area contributed by atoms with E-state index in [1.165, 1.54) is 6.20 Å². The third kappa shape index (κ3) is 3.45. The van der Waals surface area contributed by atoms with Crippen LogP contribution in [0.2, 0.25) is 0 Å². The normalized spacial score (nSPS) is 9.95. The highest BCUT2D eigenvalue weighted by Crippen LogP contribution is 2.22. The molecule has 0 unspecified atom stereocenters. The van der Waals surface area contributed by atoms with Gasteiger partial charge in [-0.1, -0.05) is 0 Å². The topological polar surface area (TPSA) is 81.2 Å². The summed E-state index contributed by atoms with van der Waals surface area (Å²) < 4.78 is 10.9. The lowest BCUT2D eigenvalue weighted by atomic mass is 10.3. The largest absolute Gasteiger partial charge is 0.494 e. The minimum absolute atomic E-state index is 0.0138. The van der Waals surface area contributed by atoms with Gasteiger partial charge in [0, 0.05) is 17.8 Å². The van der Waals surface area contributed by atoms with Crippen molar-refractivity contribution in [2.45, 2.75) is 6.92 Å². The van der Waals surface area contributed by atoms with Crippen molar-refractivity contribution in [1.82, 2.24) is 4.98 Å². The van der Waals surface area contributed by atoms with Crippen LogP contribution >= 0.6 is 0 Å². The van der Waals surface area contributed by atoms with Crippen molar-refractivity contribution in [2.24, 2.45) is 5.73 Å². The molecule has 0 bridgehead atoms. The van der Waals surface area contributed by atoms with Crippen molar-refractivity contribution in [1.29, 1.82) is 5.41 Å². The van der Waals surface area contributed by atoms with E-state index in [2.05, 4.69) is 4.98 Å². The Morgan fingerprint density at radius 2 is 1.84 bits per heavy atom. The second kappa shape index (κ2) is 5.86. The molecule has 0 saturated carbocycles. The molecule has 0 spiro atoms. The second-order valence-electron chi connectivity index (χ2n) is 3.81. The van der Waals surface area contributed by atoms with Gasteiger partial charge >= 0.3 is 0 Å². The number of hydrogen-bond donors (Lipinski definition) is 2. The molecule has 98 valence electrons. The Labute approximate surface area is 111 Å². The van der Waals surface area contributed by atoms with E-state index in [-0.39, 0.29) is 5.84 Å². The van der Waals surface area contributed by atoms with Crippen LogP contribution in [0.3, 0.4) is 0 Å². The summed E-state index contributed by atoms with van der Waals surface area (Å²) in [6.07, 6.45) is 1.51. The lowest BCUT2D eigenvalue weighted by molar-refractivity contribution is 0.339. The maximum absolute atomic E-state index is 7.27. The molecule has 2 aromatic rings. The van der Waals surface area contributed by atoms with Crippen LogP contribution in [-0.2, 0) is 0 Å². The molecule has 0 fully saturated rings. The number of amidine groups is 1. The summed E-state index contributed by atoms with van der Waals surface area (Å²) in [6.45, 7) is 2.57. The Hall–Kier alpha value is -2.56. The van der Waals surface area contributed by atoms with E-state index in [4.69, 9.17) is 20.6 Å². The zero-order valence-corrected chi connectivity index (χ0v) is 10.6. The van der Waals surface area contributed by atoms with Crippen molar-refractivity contribution in [2.75, 3.05) is 6.61 Å². The molecule has 0 amide bonds. The average molecular weight is 257 g/mol. The fraction of sp³-hybridized carbons (Fsp3) is 0.143. The molecule has 0 aliphatic rings. The van der Waals surface area contributed by atoms with E-state index in [1.807, 2.05) is 31.2 Å². The Morgan fingerprint density at radius 3 is 2.37 bits per heavy atom. The molecular formula is C14H15N3O2. The summed E-state index contributed by atoms with van der Waals surface area (Å²) >= 11 is 0. The van der Waals surface area contributed by atoms with E-state index in [9.17, 15) is 0 Å². The molecule has 5 heteroatoms. The summed E-state index contributed by atoms with van der Waals surface area (Å²) in [4.78, 5) is 4.08. The van der Waals surface area contributed by atoms with Crippen LogP contribution in [0, 0.1) is 5.41 Å². The first-order chi connectivity index (χ1) is 9.19. The van der Waals surface area contributed by atoms with Crippen LogP contribution in [0.4, 0.5) is 0 Å². The van der Waals surface area contributed by atoms with Crippen molar-refractivity contribution in [3.8, 4) is 17.4 Å². The fourth-order valence-corrected chi connectivity index (χ4v) is 1.49. The standard InChI is InChI=1S/C14H15N3O2/c1-2-18-11-4-6-12(7-5-11)19-13-8-3-10(9-17-13)14(15)16/h3-9H,2H2,1H3,(H3,15,16). The highest BCUT2D eigenvalue weighted by Gasteiger charge is 2.01. The highest BCUT2D eigenvalue weighted by atomic mass is 16.5. The van der Waals surface area contributed by atoms with Crippen LogP contribution in [0.1, 0.15) is 12.5 Å². The maximum atomic E-state index is 7.27. The van der Waals surface area contributed by atoms with Crippen LogP contribution in [0.25, 0.3) is 0 Å². The molecule has 1 heterocycles. The molecule has 0 radical (unpaired) electrons. The zero-order valence-electron chi connectivity index (χ0n) is 10.6. The summed E-state index contributed by atoms with van der Waals surface area (Å²) in [5, 5.41) is 7.27. The van der Waals surface area contributed by atoms with Gasteiger partial charge in [-0.05, 0) is 37.3 Å². The predicted molar refractivity (Wildman–Crippen MR) is 72.9 cm³/mol. The van der Waals surface area contributed by atoms with Crippen LogP contribution < -0.4 is 15.2 Å². The first-order valence-electron chi connectivity index (χ1n) is 5.90. The number of nitrogens with one attached hydrogen (secondary N) is 1. The summed E-state index contributed by atoms with van der Waals surface area (Å²) in [6, 6.07) is 10.7. The summed E-state index contributed by atoms with van der Waals surface area (Å²) in [5.74, 6) is 1.91. The van der Waals surface area contributed by atoms with Gasteiger partial charge in [0.1, 0.15) is 17.3 Å². The third-order valence-corrected chi connectivity index (χ3v) is 2.40.